The summed E-state index contributed by atoms with van der Waals surface area (Å²) in [5.41, 5.74) is 1.44. The van der Waals surface area contributed by atoms with Crippen LogP contribution in [0.3, 0.4) is 0 Å². The second kappa shape index (κ2) is 9.60. The van der Waals surface area contributed by atoms with E-state index >= 15 is 0 Å². The molecule has 1 fully saturated rings. The van der Waals surface area contributed by atoms with Crippen LogP contribution in [0, 0.1) is 11.8 Å². The van der Waals surface area contributed by atoms with E-state index in [1.54, 1.807) is 0 Å². The van der Waals surface area contributed by atoms with Gasteiger partial charge in [0.2, 0.25) is 0 Å². The van der Waals surface area contributed by atoms with Gasteiger partial charge in [0.25, 0.3) is 0 Å². The Morgan fingerprint density at radius 3 is 2.86 bits per heavy atom. The second-order valence-corrected chi connectivity index (χ2v) is 7.11. The molecular formula is C18H28BrNO. The average Bonchev–Trinajstić information content (AvgIpc) is 2.48. The van der Waals surface area contributed by atoms with Crippen LogP contribution in [0.5, 0.6) is 0 Å². The van der Waals surface area contributed by atoms with Crippen molar-refractivity contribution in [2.24, 2.45) is 11.8 Å². The van der Waals surface area contributed by atoms with Crippen molar-refractivity contribution in [1.29, 1.82) is 0 Å². The molecule has 118 valence electrons. The maximum absolute atomic E-state index is 5.49. The minimum atomic E-state index is 0.731. The molecule has 0 bridgehead atoms. The van der Waals surface area contributed by atoms with Crippen molar-refractivity contribution in [3.63, 3.8) is 0 Å². The van der Waals surface area contributed by atoms with Crippen molar-refractivity contribution in [3.05, 3.63) is 34.3 Å². The molecule has 0 aliphatic carbocycles. The lowest BCUT2D eigenvalue weighted by Crippen LogP contribution is -2.28. The molecule has 21 heavy (non-hydrogen) atoms. The molecule has 1 aliphatic rings. The van der Waals surface area contributed by atoms with Crippen LogP contribution in [0.1, 0.15) is 38.2 Å². The number of benzene rings is 1. The third-order valence-electron chi connectivity index (χ3n) is 4.28. The van der Waals surface area contributed by atoms with Crippen molar-refractivity contribution in [3.8, 4) is 0 Å². The molecule has 1 aromatic rings. The van der Waals surface area contributed by atoms with Crippen LogP contribution in [-0.2, 0) is 11.2 Å². The molecule has 0 spiro atoms. The maximum atomic E-state index is 5.49. The fraction of sp³-hybridized carbons (Fsp3) is 0.667. The number of ether oxygens (including phenoxy) is 1. The summed E-state index contributed by atoms with van der Waals surface area (Å²) >= 11 is 3.58. The predicted molar refractivity (Wildman–Crippen MR) is 92.7 cm³/mol. The quantitative estimate of drug-likeness (QED) is 0.698. The Kier molecular flexibility index (Phi) is 7.76. The molecule has 2 nitrogen and oxygen atoms in total. The van der Waals surface area contributed by atoms with Gasteiger partial charge in [-0.15, -0.1) is 0 Å². The van der Waals surface area contributed by atoms with E-state index in [0.717, 1.165) is 38.1 Å². The SMILES string of the molecule is CCCNCC(Cc1cccc(Br)c1)CC1CCOCC1. The first-order chi connectivity index (χ1) is 10.3. The van der Waals surface area contributed by atoms with Crippen LogP contribution in [0.4, 0.5) is 0 Å². The van der Waals surface area contributed by atoms with Crippen LogP contribution in [-0.4, -0.2) is 26.3 Å². The van der Waals surface area contributed by atoms with Crippen LogP contribution in [0.25, 0.3) is 0 Å². The van der Waals surface area contributed by atoms with Gasteiger partial charge in [-0.3, -0.25) is 0 Å². The summed E-state index contributed by atoms with van der Waals surface area (Å²) in [5, 5.41) is 3.62. The van der Waals surface area contributed by atoms with E-state index in [0.29, 0.717) is 0 Å². The Bertz CT molecular complexity index is 404. The Labute approximate surface area is 137 Å². The predicted octanol–water partition coefficient (Wildman–Crippen LogP) is 4.42. The summed E-state index contributed by atoms with van der Waals surface area (Å²) < 4.78 is 6.68. The summed E-state index contributed by atoms with van der Waals surface area (Å²) in [5.74, 6) is 1.58. The summed E-state index contributed by atoms with van der Waals surface area (Å²) in [6, 6.07) is 8.76. The highest BCUT2D eigenvalue weighted by Gasteiger charge is 2.19. The number of halogens is 1. The largest absolute Gasteiger partial charge is 0.381 e. The Morgan fingerprint density at radius 2 is 2.14 bits per heavy atom. The fourth-order valence-electron chi connectivity index (χ4n) is 3.17. The third kappa shape index (κ3) is 6.50. The number of nitrogens with one attached hydrogen (secondary N) is 1. The molecule has 0 saturated carbocycles. The van der Waals surface area contributed by atoms with Gasteiger partial charge in [-0.05, 0) is 74.7 Å². The lowest BCUT2D eigenvalue weighted by molar-refractivity contribution is 0.0585. The standard InChI is InChI=1S/C18H28BrNO/c1-2-8-20-14-17(11-15-6-9-21-10-7-15)12-16-4-3-5-18(19)13-16/h3-5,13,15,17,20H,2,6-12,14H2,1H3. The molecule has 1 atom stereocenters. The zero-order chi connectivity index (χ0) is 14.9. The molecule has 1 saturated heterocycles. The van der Waals surface area contributed by atoms with Gasteiger partial charge in [0.05, 0.1) is 0 Å². The van der Waals surface area contributed by atoms with Crippen molar-refractivity contribution >= 4 is 15.9 Å². The maximum Gasteiger partial charge on any atom is 0.0468 e. The smallest absolute Gasteiger partial charge is 0.0468 e. The topological polar surface area (TPSA) is 21.3 Å². The van der Waals surface area contributed by atoms with Crippen LogP contribution in [0.2, 0.25) is 0 Å². The Hall–Kier alpha value is -0.380. The first-order valence-corrected chi connectivity index (χ1v) is 9.10. The Balaban J connectivity index is 1.90. The third-order valence-corrected chi connectivity index (χ3v) is 4.77. The normalized spacial score (nSPS) is 17.8. The summed E-state index contributed by atoms with van der Waals surface area (Å²) in [4.78, 5) is 0. The van der Waals surface area contributed by atoms with Gasteiger partial charge in [-0.25, -0.2) is 0 Å². The van der Waals surface area contributed by atoms with Crippen molar-refractivity contribution in [1.82, 2.24) is 5.32 Å². The van der Waals surface area contributed by atoms with E-state index in [4.69, 9.17) is 4.74 Å². The second-order valence-electron chi connectivity index (χ2n) is 6.20. The van der Waals surface area contributed by atoms with E-state index in [1.807, 2.05) is 0 Å². The van der Waals surface area contributed by atoms with E-state index in [-0.39, 0.29) is 0 Å². The molecule has 2 rings (SSSR count). The number of rotatable bonds is 8. The zero-order valence-corrected chi connectivity index (χ0v) is 14.7. The molecular weight excluding hydrogens is 326 g/mol. The van der Waals surface area contributed by atoms with Gasteiger partial charge in [0.1, 0.15) is 0 Å². The van der Waals surface area contributed by atoms with Crippen molar-refractivity contribution in [2.45, 2.75) is 39.0 Å². The highest BCUT2D eigenvalue weighted by Crippen LogP contribution is 2.25. The zero-order valence-electron chi connectivity index (χ0n) is 13.1. The van der Waals surface area contributed by atoms with E-state index in [9.17, 15) is 0 Å². The van der Waals surface area contributed by atoms with E-state index in [1.165, 1.54) is 42.1 Å². The van der Waals surface area contributed by atoms with Gasteiger partial charge < -0.3 is 10.1 Å². The van der Waals surface area contributed by atoms with Gasteiger partial charge in [0.15, 0.2) is 0 Å². The first-order valence-electron chi connectivity index (χ1n) is 8.30. The monoisotopic (exact) mass is 353 g/mol. The summed E-state index contributed by atoms with van der Waals surface area (Å²) in [7, 11) is 0. The molecule has 0 aromatic heterocycles. The van der Waals surface area contributed by atoms with Gasteiger partial charge in [-0.2, -0.15) is 0 Å². The lowest BCUT2D eigenvalue weighted by Gasteiger charge is -2.27. The van der Waals surface area contributed by atoms with Crippen molar-refractivity contribution in [2.75, 3.05) is 26.3 Å². The van der Waals surface area contributed by atoms with Gasteiger partial charge >= 0.3 is 0 Å². The molecule has 1 aromatic carbocycles. The number of hydrogen-bond donors (Lipinski definition) is 1. The van der Waals surface area contributed by atoms with E-state index in [2.05, 4.69) is 52.4 Å². The minimum Gasteiger partial charge on any atom is -0.381 e. The van der Waals surface area contributed by atoms with Gasteiger partial charge in [-0.1, -0.05) is 35.0 Å². The number of hydrogen-bond acceptors (Lipinski definition) is 2. The molecule has 0 radical (unpaired) electrons. The molecule has 3 heteroatoms. The Morgan fingerprint density at radius 1 is 1.33 bits per heavy atom. The molecule has 1 aliphatic heterocycles. The first kappa shape index (κ1) is 17.0. The molecule has 1 N–H and O–H groups in total. The average molecular weight is 354 g/mol. The molecule has 1 unspecified atom stereocenters. The lowest BCUT2D eigenvalue weighted by atomic mass is 9.85. The highest BCUT2D eigenvalue weighted by atomic mass is 79.9. The fourth-order valence-corrected chi connectivity index (χ4v) is 3.62. The summed E-state index contributed by atoms with van der Waals surface area (Å²) in [6.07, 6.45) is 6.19. The van der Waals surface area contributed by atoms with Crippen molar-refractivity contribution < 1.29 is 4.74 Å². The minimum absolute atomic E-state index is 0.731. The van der Waals surface area contributed by atoms with Crippen LogP contribution in [0.15, 0.2) is 28.7 Å². The highest BCUT2D eigenvalue weighted by molar-refractivity contribution is 9.10. The van der Waals surface area contributed by atoms with Crippen LogP contribution < -0.4 is 5.32 Å². The van der Waals surface area contributed by atoms with E-state index < -0.39 is 0 Å². The van der Waals surface area contributed by atoms with Crippen LogP contribution >= 0.6 is 15.9 Å². The molecule has 0 amide bonds. The summed E-state index contributed by atoms with van der Waals surface area (Å²) in [6.45, 7) is 6.41. The van der Waals surface area contributed by atoms with Gasteiger partial charge in [0, 0.05) is 17.7 Å². The molecule has 1 heterocycles.